The Kier molecular flexibility index (Phi) is 3.94. The number of rotatable bonds is 3. The first kappa shape index (κ1) is 10.5. The molecule has 1 aromatic rings. The lowest BCUT2D eigenvalue weighted by Crippen LogP contribution is -2.11. The summed E-state index contributed by atoms with van der Waals surface area (Å²) in [5.41, 5.74) is 0.658. The highest BCUT2D eigenvalue weighted by molar-refractivity contribution is 6.30. The minimum atomic E-state index is -0.245. The second-order valence-corrected chi connectivity index (χ2v) is 2.99. The molecule has 4 nitrogen and oxygen atoms in total. The maximum absolute atomic E-state index is 11.1. The molecule has 5 heteroatoms. The van der Waals surface area contributed by atoms with Crippen molar-refractivity contribution >= 4 is 29.4 Å². The van der Waals surface area contributed by atoms with Crippen LogP contribution in [0.5, 0.6) is 0 Å². The van der Waals surface area contributed by atoms with Gasteiger partial charge >= 0.3 is 0 Å². The van der Waals surface area contributed by atoms with Gasteiger partial charge in [0.25, 0.3) is 0 Å². The third-order valence-corrected chi connectivity index (χ3v) is 1.74. The lowest BCUT2D eigenvalue weighted by molar-refractivity contribution is -0.115. The first-order chi connectivity index (χ1) is 6.72. The van der Waals surface area contributed by atoms with E-state index in [1.165, 1.54) is 0 Å². The molecule has 0 radical (unpaired) electrons. The zero-order chi connectivity index (χ0) is 10.4. The van der Waals surface area contributed by atoms with Crippen LogP contribution in [0.15, 0.2) is 29.4 Å². The lowest BCUT2D eigenvalue weighted by Gasteiger charge is -2.02. The van der Waals surface area contributed by atoms with E-state index in [-0.39, 0.29) is 12.3 Å². The van der Waals surface area contributed by atoms with Crippen LogP contribution in [0.3, 0.4) is 0 Å². The summed E-state index contributed by atoms with van der Waals surface area (Å²) in [5, 5.41) is 14.0. The fourth-order valence-electron chi connectivity index (χ4n) is 0.869. The molecule has 0 atom stereocenters. The molecule has 0 bridgehead atoms. The monoisotopic (exact) mass is 212 g/mol. The fourth-order valence-corrected chi connectivity index (χ4v) is 0.995. The SMILES string of the molecule is O=C(CC=NO)Nc1ccc(Cl)cc1. The van der Waals surface area contributed by atoms with E-state index in [9.17, 15) is 4.79 Å². The summed E-state index contributed by atoms with van der Waals surface area (Å²) < 4.78 is 0. The number of halogens is 1. The predicted octanol–water partition coefficient (Wildman–Crippen LogP) is 2.13. The summed E-state index contributed by atoms with van der Waals surface area (Å²) >= 11 is 5.66. The number of nitrogens with zero attached hydrogens (tertiary/aromatic N) is 1. The molecule has 0 aliphatic carbocycles. The van der Waals surface area contributed by atoms with Gasteiger partial charge in [0.2, 0.25) is 5.91 Å². The minimum absolute atomic E-state index is 0.0408. The highest BCUT2D eigenvalue weighted by Gasteiger charge is 1.99. The molecule has 0 saturated heterocycles. The highest BCUT2D eigenvalue weighted by atomic mass is 35.5. The van der Waals surface area contributed by atoms with Gasteiger partial charge in [-0.1, -0.05) is 11.6 Å². The van der Waals surface area contributed by atoms with Gasteiger partial charge in [0.1, 0.15) is 0 Å². The lowest BCUT2D eigenvalue weighted by atomic mass is 10.3. The summed E-state index contributed by atoms with van der Waals surface area (Å²) in [4.78, 5) is 11.1. The van der Waals surface area contributed by atoms with Crippen molar-refractivity contribution in [2.75, 3.05) is 5.32 Å². The molecule has 0 aliphatic rings. The molecule has 74 valence electrons. The average molecular weight is 213 g/mol. The van der Waals surface area contributed by atoms with Crippen LogP contribution >= 0.6 is 11.6 Å². The molecular formula is C9H9ClN2O2. The maximum Gasteiger partial charge on any atom is 0.229 e. The number of anilines is 1. The van der Waals surface area contributed by atoms with Crippen LogP contribution in [0, 0.1) is 0 Å². The van der Waals surface area contributed by atoms with Gasteiger partial charge in [-0.2, -0.15) is 0 Å². The second-order valence-electron chi connectivity index (χ2n) is 2.56. The minimum Gasteiger partial charge on any atom is -0.411 e. The Labute approximate surface area is 86.2 Å². The number of carbonyl (C=O) groups is 1. The van der Waals surface area contributed by atoms with Gasteiger partial charge in [-0.3, -0.25) is 4.79 Å². The Morgan fingerprint density at radius 3 is 2.71 bits per heavy atom. The molecule has 0 unspecified atom stereocenters. The molecule has 0 saturated carbocycles. The van der Waals surface area contributed by atoms with E-state index >= 15 is 0 Å². The molecule has 1 rings (SSSR count). The van der Waals surface area contributed by atoms with Gasteiger partial charge in [0.15, 0.2) is 0 Å². The molecule has 1 amide bonds. The normalized spacial score (nSPS) is 10.4. The number of hydrogen-bond acceptors (Lipinski definition) is 3. The highest BCUT2D eigenvalue weighted by Crippen LogP contribution is 2.13. The molecule has 0 spiro atoms. The van der Waals surface area contributed by atoms with Crippen LogP contribution in [0.4, 0.5) is 5.69 Å². The van der Waals surface area contributed by atoms with E-state index in [1.54, 1.807) is 24.3 Å². The van der Waals surface area contributed by atoms with Crippen molar-refractivity contribution in [1.82, 2.24) is 0 Å². The molecule has 1 aromatic carbocycles. The van der Waals surface area contributed by atoms with Gasteiger partial charge < -0.3 is 10.5 Å². The summed E-state index contributed by atoms with van der Waals surface area (Å²) in [6.45, 7) is 0. The largest absolute Gasteiger partial charge is 0.411 e. The number of amides is 1. The Bertz CT molecular complexity index is 335. The number of oxime groups is 1. The predicted molar refractivity (Wildman–Crippen MR) is 55.0 cm³/mol. The van der Waals surface area contributed by atoms with E-state index in [4.69, 9.17) is 16.8 Å². The summed E-state index contributed by atoms with van der Waals surface area (Å²) in [6, 6.07) is 6.74. The third kappa shape index (κ3) is 3.45. The topological polar surface area (TPSA) is 61.7 Å². The Balaban J connectivity index is 2.52. The van der Waals surface area contributed by atoms with Crippen LogP contribution in [0.2, 0.25) is 5.02 Å². The standard InChI is InChI=1S/C9H9ClN2O2/c10-7-1-3-8(4-2-7)12-9(13)5-6-11-14/h1-4,6,14H,5H2,(H,12,13). The summed E-state index contributed by atoms with van der Waals surface area (Å²) in [7, 11) is 0. The Morgan fingerprint density at radius 2 is 2.14 bits per heavy atom. The van der Waals surface area contributed by atoms with Crippen molar-refractivity contribution in [1.29, 1.82) is 0 Å². The van der Waals surface area contributed by atoms with Gasteiger partial charge in [-0.15, -0.1) is 5.16 Å². The first-order valence-electron chi connectivity index (χ1n) is 3.93. The van der Waals surface area contributed by atoms with Crippen molar-refractivity contribution in [2.24, 2.45) is 5.16 Å². The average Bonchev–Trinajstić information content (AvgIpc) is 2.18. The Morgan fingerprint density at radius 1 is 1.50 bits per heavy atom. The van der Waals surface area contributed by atoms with E-state index in [0.29, 0.717) is 10.7 Å². The third-order valence-electron chi connectivity index (χ3n) is 1.49. The van der Waals surface area contributed by atoms with E-state index in [2.05, 4.69) is 10.5 Å². The fraction of sp³-hybridized carbons (Fsp3) is 0.111. The molecule has 0 heterocycles. The quantitative estimate of drug-likeness (QED) is 0.458. The summed E-state index contributed by atoms with van der Waals surface area (Å²) in [6.07, 6.45) is 1.16. The van der Waals surface area contributed by atoms with Crippen molar-refractivity contribution in [3.63, 3.8) is 0 Å². The van der Waals surface area contributed by atoms with Crippen molar-refractivity contribution in [3.05, 3.63) is 29.3 Å². The van der Waals surface area contributed by atoms with E-state index in [1.807, 2.05) is 0 Å². The molecular weight excluding hydrogens is 204 g/mol. The van der Waals surface area contributed by atoms with Crippen LogP contribution in [0.25, 0.3) is 0 Å². The van der Waals surface area contributed by atoms with E-state index in [0.717, 1.165) is 6.21 Å². The van der Waals surface area contributed by atoms with Crippen molar-refractivity contribution in [3.8, 4) is 0 Å². The molecule has 2 N–H and O–H groups in total. The first-order valence-corrected chi connectivity index (χ1v) is 4.31. The molecule has 14 heavy (non-hydrogen) atoms. The van der Waals surface area contributed by atoms with Crippen LogP contribution < -0.4 is 5.32 Å². The van der Waals surface area contributed by atoms with Crippen molar-refractivity contribution in [2.45, 2.75) is 6.42 Å². The van der Waals surface area contributed by atoms with Gasteiger partial charge in [0, 0.05) is 10.7 Å². The molecule has 0 fully saturated rings. The summed E-state index contributed by atoms with van der Waals surface area (Å²) in [5.74, 6) is -0.245. The molecule has 0 aliphatic heterocycles. The number of nitrogens with one attached hydrogen (secondary N) is 1. The van der Waals surface area contributed by atoms with Crippen molar-refractivity contribution < 1.29 is 10.0 Å². The molecule has 0 aromatic heterocycles. The van der Waals surface area contributed by atoms with Crippen LogP contribution in [-0.2, 0) is 4.79 Å². The number of benzene rings is 1. The smallest absolute Gasteiger partial charge is 0.229 e. The van der Waals surface area contributed by atoms with Crippen LogP contribution in [0.1, 0.15) is 6.42 Å². The van der Waals surface area contributed by atoms with E-state index < -0.39 is 0 Å². The van der Waals surface area contributed by atoms with Gasteiger partial charge in [-0.05, 0) is 24.3 Å². The zero-order valence-electron chi connectivity index (χ0n) is 7.27. The van der Waals surface area contributed by atoms with Gasteiger partial charge in [-0.25, -0.2) is 0 Å². The second kappa shape index (κ2) is 5.24. The van der Waals surface area contributed by atoms with Gasteiger partial charge in [0.05, 0.1) is 12.6 Å². The maximum atomic E-state index is 11.1. The van der Waals surface area contributed by atoms with Crippen LogP contribution in [-0.4, -0.2) is 17.3 Å². The number of carbonyl (C=O) groups excluding carboxylic acids is 1. The Hall–Kier alpha value is -1.55. The zero-order valence-corrected chi connectivity index (χ0v) is 8.03. The number of hydrogen-bond donors (Lipinski definition) is 2.